The summed E-state index contributed by atoms with van der Waals surface area (Å²) in [6.07, 6.45) is 3.16. The summed E-state index contributed by atoms with van der Waals surface area (Å²) in [5.41, 5.74) is 3.88. The van der Waals surface area contributed by atoms with Crippen LogP contribution < -0.4 is 4.74 Å². The quantitative estimate of drug-likeness (QED) is 0.336. The normalized spacial score (nSPS) is 14.0. The third kappa shape index (κ3) is 5.08. The summed E-state index contributed by atoms with van der Waals surface area (Å²) in [6, 6.07) is 27.1. The number of hydrogen-bond donors (Lipinski definition) is 0. The van der Waals surface area contributed by atoms with Gasteiger partial charge in [0.1, 0.15) is 11.4 Å². The van der Waals surface area contributed by atoms with Crippen LogP contribution in [0.1, 0.15) is 39.1 Å². The number of ether oxygens (including phenoxy) is 1. The lowest BCUT2D eigenvalue weighted by Crippen LogP contribution is -2.40. The maximum absolute atomic E-state index is 13.7. The van der Waals surface area contributed by atoms with Gasteiger partial charge in [0.2, 0.25) is 0 Å². The lowest BCUT2D eigenvalue weighted by Gasteiger charge is -2.31. The van der Waals surface area contributed by atoms with Crippen LogP contribution >= 0.6 is 0 Å². The molecule has 0 spiro atoms. The molecule has 1 aliphatic rings. The van der Waals surface area contributed by atoms with Crippen LogP contribution in [0.25, 0.3) is 11.3 Å². The third-order valence-electron chi connectivity index (χ3n) is 6.73. The van der Waals surface area contributed by atoms with Crippen LogP contribution in [0.4, 0.5) is 0 Å². The molecule has 2 heterocycles. The fourth-order valence-electron chi connectivity index (χ4n) is 4.77. The van der Waals surface area contributed by atoms with Crippen LogP contribution in [0.3, 0.4) is 0 Å². The SMILES string of the molecule is COc1cccc(-c2nn(Cc3ccccc3)cc2C(=O)N2CCC(C(=O)c3ccccc3)CC2)c1. The summed E-state index contributed by atoms with van der Waals surface area (Å²) < 4.78 is 7.23. The number of likely N-dealkylation sites (tertiary alicyclic amines) is 1. The zero-order valence-electron chi connectivity index (χ0n) is 20.3. The number of rotatable bonds is 7. The Morgan fingerprint density at radius 2 is 1.61 bits per heavy atom. The molecule has 1 aliphatic heterocycles. The molecule has 1 amide bonds. The van der Waals surface area contributed by atoms with Crippen LogP contribution in [-0.4, -0.2) is 46.6 Å². The molecule has 0 saturated carbocycles. The minimum atomic E-state index is -0.0601. The number of carbonyl (C=O) groups excluding carboxylic acids is 2. The topological polar surface area (TPSA) is 64.4 Å². The van der Waals surface area contributed by atoms with E-state index in [2.05, 4.69) is 0 Å². The minimum absolute atomic E-state index is 0.0576. The molecule has 0 unspecified atom stereocenters. The standard InChI is InChI=1S/C30H29N3O3/c1-36-26-14-8-13-25(19-26)28-27(21-33(31-28)20-22-9-4-2-5-10-22)30(35)32-17-15-24(16-18-32)29(34)23-11-6-3-7-12-23/h2-14,19,21,24H,15-18,20H2,1H3. The first-order valence-electron chi connectivity index (χ1n) is 12.3. The van der Waals surface area contributed by atoms with Crippen molar-refractivity contribution >= 4 is 11.7 Å². The van der Waals surface area contributed by atoms with Crippen molar-refractivity contribution in [3.63, 3.8) is 0 Å². The van der Waals surface area contributed by atoms with Crippen molar-refractivity contribution in [1.82, 2.24) is 14.7 Å². The Morgan fingerprint density at radius 3 is 2.31 bits per heavy atom. The highest BCUT2D eigenvalue weighted by atomic mass is 16.5. The molecule has 6 nitrogen and oxygen atoms in total. The molecule has 0 bridgehead atoms. The van der Waals surface area contributed by atoms with E-state index in [1.165, 1.54) is 0 Å². The number of piperidine rings is 1. The Hall–Kier alpha value is -4.19. The first kappa shape index (κ1) is 23.5. The third-order valence-corrected chi connectivity index (χ3v) is 6.73. The lowest BCUT2D eigenvalue weighted by atomic mass is 9.88. The van der Waals surface area contributed by atoms with Crippen LogP contribution in [0.2, 0.25) is 0 Å². The summed E-state index contributed by atoms with van der Waals surface area (Å²) in [7, 11) is 1.63. The van der Waals surface area contributed by atoms with Gasteiger partial charge in [-0.15, -0.1) is 0 Å². The number of ketones is 1. The van der Waals surface area contributed by atoms with E-state index in [-0.39, 0.29) is 17.6 Å². The van der Waals surface area contributed by atoms with Crippen molar-refractivity contribution in [2.75, 3.05) is 20.2 Å². The van der Waals surface area contributed by atoms with Gasteiger partial charge in [0.25, 0.3) is 5.91 Å². The number of amides is 1. The molecule has 1 aromatic heterocycles. The number of nitrogens with zero attached hydrogens (tertiary/aromatic N) is 3. The van der Waals surface area contributed by atoms with E-state index in [1.807, 2.05) is 101 Å². The number of hydrogen-bond acceptors (Lipinski definition) is 4. The molecule has 0 N–H and O–H groups in total. The van der Waals surface area contributed by atoms with Crippen molar-refractivity contribution < 1.29 is 14.3 Å². The van der Waals surface area contributed by atoms with Crippen LogP contribution in [-0.2, 0) is 6.54 Å². The first-order valence-corrected chi connectivity index (χ1v) is 12.3. The number of benzene rings is 3. The highest BCUT2D eigenvalue weighted by molar-refractivity contribution is 6.01. The van der Waals surface area contributed by atoms with Gasteiger partial charge in [-0.05, 0) is 30.5 Å². The van der Waals surface area contributed by atoms with Crippen molar-refractivity contribution in [3.05, 3.63) is 108 Å². The molecule has 6 heteroatoms. The molecule has 1 saturated heterocycles. The zero-order valence-corrected chi connectivity index (χ0v) is 20.3. The van der Waals surface area contributed by atoms with Crippen LogP contribution in [0.15, 0.2) is 91.1 Å². The second kappa shape index (κ2) is 10.6. The Morgan fingerprint density at radius 1 is 0.917 bits per heavy atom. The van der Waals surface area contributed by atoms with Gasteiger partial charge in [0, 0.05) is 36.3 Å². The van der Waals surface area contributed by atoms with Gasteiger partial charge in [-0.1, -0.05) is 72.8 Å². The average molecular weight is 480 g/mol. The van der Waals surface area contributed by atoms with E-state index in [9.17, 15) is 9.59 Å². The highest BCUT2D eigenvalue weighted by Gasteiger charge is 2.30. The summed E-state index contributed by atoms with van der Waals surface area (Å²) >= 11 is 0. The molecular weight excluding hydrogens is 450 g/mol. The van der Waals surface area contributed by atoms with E-state index in [1.54, 1.807) is 7.11 Å². The van der Waals surface area contributed by atoms with Gasteiger partial charge >= 0.3 is 0 Å². The monoisotopic (exact) mass is 479 g/mol. The Labute approximate surface area is 211 Å². The lowest BCUT2D eigenvalue weighted by molar-refractivity contribution is 0.0651. The van der Waals surface area contributed by atoms with Crippen LogP contribution in [0, 0.1) is 5.92 Å². The Bertz CT molecular complexity index is 1340. The first-order chi connectivity index (χ1) is 17.6. The molecule has 0 aliphatic carbocycles. The second-order valence-corrected chi connectivity index (χ2v) is 9.10. The van der Waals surface area contributed by atoms with Crippen molar-refractivity contribution in [2.45, 2.75) is 19.4 Å². The molecule has 1 fully saturated rings. The number of aromatic nitrogens is 2. The average Bonchev–Trinajstić information content (AvgIpc) is 3.37. The molecule has 4 aromatic rings. The van der Waals surface area contributed by atoms with E-state index in [4.69, 9.17) is 9.84 Å². The summed E-state index contributed by atoms with van der Waals surface area (Å²) in [6.45, 7) is 1.66. The Kier molecular flexibility index (Phi) is 6.94. The number of methoxy groups -OCH3 is 1. The van der Waals surface area contributed by atoms with Crippen molar-refractivity contribution in [2.24, 2.45) is 5.92 Å². The zero-order chi connectivity index (χ0) is 24.9. The van der Waals surface area contributed by atoms with Gasteiger partial charge < -0.3 is 9.64 Å². The van der Waals surface area contributed by atoms with Crippen molar-refractivity contribution in [3.8, 4) is 17.0 Å². The van der Waals surface area contributed by atoms with Crippen molar-refractivity contribution in [1.29, 1.82) is 0 Å². The summed E-state index contributed by atoms with van der Waals surface area (Å²) in [5, 5.41) is 4.81. The Balaban J connectivity index is 1.38. The molecule has 182 valence electrons. The fraction of sp³-hybridized carbons (Fsp3) is 0.233. The van der Waals surface area contributed by atoms with E-state index in [0.29, 0.717) is 49.5 Å². The molecule has 0 radical (unpaired) electrons. The largest absolute Gasteiger partial charge is 0.497 e. The number of Topliss-reactive ketones (excluding diaryl/α,β-unsaturated/α-hetero) is 1. The second-order valence-electron chi connectivity index (χ2n) is 9.10. The maximum atomic E-state index is 13.7. The molecule has 0 atom stereocenters. The van der Waals surface area contributed by atoms with Crippen LogP contribution in [0.5, 0.6) is 5.75 Å². The highest BCUT2D eigenvalue weighted by Crippen LogP contribution is 2.29. The maximum Gasteiger partial charge on any atom is 0.257 e. The van der Waals surface area contributed by atoms with Gasteiger partial charge in [0.15, 0.2) is 5.78 Å². The fourth-order valence-corrected chi connectivity index (χ4v) is 4.77. The predicted molar refractivity (Wildman–Crippen MR) is 139 cm³/mol. The van der Waals surface area contributed by atoms with E-state index >= 15 is 0 Å². The molecular formula is C30H29N3O3. The molecule has 5 rings (SSSR count). The smallest absolute Gasteiger partial charge is 0.257 e. The van der Waals surface area contributed by atoms with Gasteiger partial charge in [0.05, 0.1) is 19.2 Å². The summed E-state index contributed by atoms with van der Waals surface area (Å²) in [5.74, 6) is 0.757. The van der Waals surface area contributed by atoms with E-state index < -0.39 is 0 Å². The predicted octanol–water partition coefficient (Wildman–Crippen LogP) is 5.34. The minimum Gasteiger partial charge on any atom is -0.497 e. The summed E-state index contributed by atoms with van der Waals surface area (Å²) in [4.78, 5) is 28.5. The van der Waals surface area contributed by atoms with Gasteiger partial charge in [-0.3, -0.25) is 14.3 Å². The molecule has 36 heavy (non-hydrogen) atoms. The van der Waals surface area contributed by atoms with E-state index in [0.717, 1.165) is 16.7 Å². The van der Waals surface area contributed by atoms with Gasteiger partial charge in [-0.25, -0.2) is 0 Å². The van der Waals surface area contributed by atoms with Gasteiger partial charge in [-0.2, -0.15) is 5.10 Å². The molecule has 3 aromatic carbocycles. The number of carbonyl (C=O) groups is 2.